The lowest BCUT2D eigenvalue weighted by molar-refractivity contribution is -0.384. The fourth-order valence-corrected chi connectivity index (χ4v) is 3.32. The Morgan fingerprint density at radius 3 is 2.46 bits per heavy atom. The summed E-state index contributed by atoms with van der Waals surface area (Å²) in [5.74, 6) is 0.841. The first-order valence-corrected chi connectivity index (χ1v) is 8.66. The van der Waals surface area contributed by atoms with Crippen molar-refractivity contribution in [1.82, 2.24) is 4.57 Å². The van der Waals surface area contributed by atoms with E-state index in [-0.39, 0.29) is 33.3 Å². The van der Waals surface area contributed by atoms with Crippen molar-refractivity contribution < 1.29 is 14.5 Å². The highest BCUT2D eigenvalue weighted by Gasteiger charge is 2.31. The molecular formula is C18H12Cl2N2O4. The number of aromatic nitrogens is 1. The number of carbonyl (C=O) groups is 1. The van der Waals surface area contributed by atoms with Gasteiger partial charge in [0.25, 0.3) is 5.69 Å². The minimum Gasteiger partial charge on any atom is -0.454 e. The molecule has 132 valence electrons. The minimum absolute atomic E-state index is 0.0470. The molecule has 3 aromatic rings. The molecule has 0 N–H and O–H groups in total. The van der Waals surface area contributed by atoms with Crippen molar-refractivity contribution in [2.75, 3.05) is 0 Å². The first-order chi connectivity index (χ1) is 12.4. The molecule has 0 spiro atoms. The van der Waals surface area contributed by atoms with Crippen LogP contribution in [-0.4, -0.2) is 15.4 Å². The molecule has 1 aliphatic rings. The van der Waals surface area contributed by atoms with E-state index in [9.17, 15) is 14.9 Å². The molecule has 8 heteroatoms. The van der Waals surface area contributed by atoms with Crippen LogP contribution in [0.15, 0.2) is 42.6 Å². The maximum absolute atomic E-state index is 12.3. The SMILES string of the molecule is O=C(C1CC1)n1ccc2cc(Oc3c(Cl)cc([N+](=O)[O-])cc3Cl)ccc21. The van der Waals surface area contributed by atoms with Crippen molar-refractivity contribution in [2.45, 2.75) is 12.8 Å². The molecule has 1 aliphatic carbocycles. The Hall–Kier alpha value is -2.57. The van der Waals surface area contributed by atoms with Crippen LogP contribution < -0.4 is 4.74 Å². The molecule has 1 heterocycles. The van der Waals surface area contributed by atoms with Gasteiger partial charge in [0.05, 0.1) is 20.5 Å². The van der Waals surface area contributed by atoms with Gasteiger partial charge in [-0.25, -0.2) is 0 Å². The lowest BCUT2D eigenvalue weighted by Gasteiger charge is -2.10. The Kier molecular flexibility index (Phi) is 4.09. The molecule has 0 radical (unpaired) electrons. The van der Waals surface area contributed by atoms with Crippen LogP contribution in [0.4, 0.5) is 5.69 Å². The molecule has 6 nitrogen and oxygen atoms in total. The van der Waals surface area contributed by atoms with Gasteiger partial charge in [-0.1, -0.05) is 23.2 Å². The van der Waals surface area contributed by atoms with Crippen LogP contribution in [0, 0.1) is 16.0 Å². The van der Waals surface area contributed by atoms with Crippen molar-refractivity contribution in [2.24, 2.45) is 5.92 Å². The van der Waals surface area contributed by atoms with Gasteiger partial charge >= 0.3 is 0 Å². The van der Waals surface area contributed by atoms with E-state index in [1.54, 1.807) is 29.0 Å². The third kappa shape index (κ3) is 3.02. The molecule has 0 amide bonds. The van der Waals surface area contributed by atoms with Crippen LogP contribution >= 0.6 is 23.2 Å². The summed E-state index contributed by atoms with van der Waals surface area (Å²) in [4.78, 5) is 22.5. The van der Waals surface area contributed by atoms with Crippen LogP contribution in [0.25, 0.3) is 10.9 Å². The van der Waals surface area contributed by atoms with Gasteiger partial charge in [0.15, 0.2) is 5.75 Å². The number of rotatable bonds is 4. The summed E-state index contributed by atoms with van der Waals surface area (Å²) in [5, 5.41) is 11.8. The molecule has 0 aliphatic heterocycles. The van der Waals surface area contributed by atoms with Crippen LogP contribution in [0.1, 0.15) is 17.6 Å². The Morgan fingerprint density at radius 1 is 1.15 bits per heavy atom. The number of hydrogen-bond donors (Lipinski definition) is 0. The van der Waals surface area contributed by atoms with Gasteiger partial charge in [0.2, 0.25) is 5.91 Å². The Balaban J connectivity index is 1.66. The number of ether oxygens (including phenoxy) is 1. The van der Waals surface area contributed by atoms with Crippen molar-refractivity contribution in [3.05, 3.63) is 62.8 Å². The molecule has 0 bridgehead atoms. The summed E-state index contributed by atoms with van der Waals surface area (Å²) >= 11 is 12.1. The highest BCUT2D eigenvalue weighted by Crippen LogP contribution is 2.40. The van der Waals surface area contributed by atoms with Gasteiger partial charge in [-0.3, -0.25) is 19.5 Å². The number of benzene rings is 2. The summed E-state index contributed by atoms with van der Waals surface area (Å²) in [6, 6.07) is 9.46. The van der Waals surface area contributed by atoms with Gasteiger partial charge in [0, 0.05) is 29.6 Å². The number of non-ortho nitro benzene ring substituents is 1. The Labute approximate surface area is 158 Å². The minimum atomic E-state index is -0.576. The zero-order chi connectivity index (χ0) is 18.4. The smallest absolute Gasteiger partial charge is 0.272 e. The zero-order valence-corrected chi connectivity index (χ0v) is 14.8. The number of nitrogens with zero attached hydrogens (tertiary/aromatic N) is 2. The topological polar surface area (TPSA) is 74.4 Å². The predicted molar refractivity (Wildman–Crippen MR) is 98.5 cm³/mol. The number of nitro groups is 1. The van der Waals surface area contributed by atoms with E-state index in [4.69, 9.17) is 27.9 Å². The molecule has 0 unspecified atom stereocenters. The summed E-state index contributed by atoms with van der Waals surface area (Å²) in [7, 11) is 0. The average molecular weight is 391 g/mol. The molecule has 26 heavy (non-hydrogen) atoms. The Bertz CT molecular complexity index is 1030. The molecule has 1 saturated carbocycles. The maximum Gasteiger partial charge on any atom is 0.272 e. The molecular weight excluding hydrogens is 379 g/mol. The van der Waals surface area contributed by atoms with Crippen LogP contribution in [0.3, 0.4) is 0 Å². The van der Waals surface area contributed by atoms with Gasteiger partial charge in [-0.15, -0.1) is 0 Å². The number of carbonyl (C=O) groups excluding carboxylic acids is 1. The van der Waals surface area contributed by atoms with Crippen LogP contribution in [0.5, 0.6) is 11.5 Å². The molecule has 0 saturated heterocycles. The summed E-state index contributed by atoms with van der Waals surface area (Å²) in [6.45, 7) is 0. The molecule has 1 fully saturated rings. The normalized spacial score (nSPS) is 13.8. The highest BCUT2D eigenvalue weighted by molar-refractivity contribution is 6.37. The predicted octanol–water partition coefficient (Wildman–Crippen LogP) is 5.70. The molecule has 2 aromatic carbocycles. The second kappa shape index (κ2) is 6.30. The van der Waals surface area contributed by atoms with Crippen molar-refractivity contribution in [1.29, 1.82) is 0 Å². The van der Waals surface area contributed by atoms with E-state index in [1.165, 1.54) is 12.1 Å². The summed E-state index contributed by atoms with van der Waals surface area (Å²) in [6.07, 6.45) is 3.63. The quantitative estimate of drug-likeness (QED) is 0.422. The third-order valence-corrected chi connectivity index (χ3v) is 4.80. The second-order valence-corrected chi connectivity index (χ2v) is 6.93. The van der Waals surface area contributed by atoms with Crippen molar-refractivity contribution in [3.63, 3.8) is 0 Å². The number of nitro benzene ring substituents is 1. The number of halogens is 2. The molecule has 0 atom stereocenters. The fourth-order valence-electron chi connectivity index (χ4n) is 2.77. The fraction of sp³-hybridized carbons (Fsp3) is 0.167. The van der Waals surface area contributed by atoms with Crippen molar-refractivity contribution >= 4 is 45.7 Å². The van der Waals surface area contributed by atoms with Gasteiger partial charge < -0.3 is 4.74 Å². The standard InChI is InChI=1S/C18H12Cl2N2O4/c19-14-8-12(22(24)25)9-15(20)17(14)26-13-3-4-16-11(7-13)5-6-21(16)18(23)10-1-2-10/h3-10H,1-2H2. The van der Waals surface area contributed by atoms with E-state index in [0.29, 0.717) is 5.75 Å². The average Bonchev–Trinajstić information content (AvgIpc) is 3.37. The largest absolute Gasteiger partial charge is 0.454 e. The van der Waals surface area contributed by atoms with Crippen LogP contribution in [0.2, 0.25) is 10.0 Å². The van der Waals surface area contributed by atoms with Gasteiger partial charge in [-0.2, -0.15) is 0 Å². The number of hydrogen-bond acceptors (Lipinski definition) is 4. The van der Waals surface area contributed by atoms with E-state index >= 15 is 0 Å². The first-order valence-electron chi connectivity index (χ1n) is 7.90. The Morgan fingerprint density at radius 2 is 1.85 bits per heavy atom. The van der Waals surface area contributed by atoms with E-state index in [1.807, 2.05) is 6.07 Å². The van der Waals surface area contributed by atoms with E-state index in [0.717, 1.165) is 23.7 Å². The molecule has 1 aromatic heterocycles. The van der Waals surface area contributed by atoms with Gasteiger partial charge in [0.1, 0.15) is 5.75 Å². The lowest BCUT2D eigenvalue weighted by atomic mass is 10.2. The summed E-state index contributed by atoms with van der Waals surface area (Å²) in [5.41, 5.74) is 0.591. The third-order valence-electron chi connectivity index (χ3n) is 4.24. The second-order valence-electron chi connectivity index (χ2n) is 6.12. The summed E-state index contributed by atoms with van der Waals surface area (Å²) < 4.78 is 7.39. The lowest BCUT2D eigenvalue weighted by Crippen LogP contribution is -2.10. The van der Waals surface area contributed by atoms with E-state index in [2.05, 4.69) is 0 Å². The highest BCUT2D eigenvalue weighted by atomic mass is 35.5. The van der Waals surface area contributed by atoms with Gasteiger partial charge in [-0.05, 0) is 37.1 Å². The van der Waals surface area contributed by atoms with Crippen LogP contribution in [-0.2, 0) is 0 Å². The van der Waals surface area contributed by atoms with Crippen molar-refractivity contribution in [3.8, 4) is 11.5 Å². The monoisotopic (exact) mass is 390 g/mol. The number of fused-ring (bicyclic) bond motifs is 1. The molecule has 4 rings (SSSR count). The van der Waals surface area contributed by atoms with E-state index < -0.39 is 4.92 Å². The first kappa shape index (κ1) is 16.9. The zero-order valence-electron chi connectivity index (χ0n) is 13.3. The maximum atomic E-state index is 12.3.